The van der Waals surface area contributed by atoms with Crippen LogP contribution in [0.15, 0.2) is 625 Å². The lowest BCUT2D eigenvalue weighted by Gasteiger charge is -2.28. The molecular weight excluding hydrogens is 1860 g/mol. The first-order chi connectivity index (χ1) is 70.6. The first kappa shape index (κ1) is 95.5. The molecule has 0 fully saturated rings. The third-order valence-corrected chi connectivity index (χ3v) is 45.3. The molecule has 0 unspecified atom stereocenters. The van der Waals surface area contributed by atoms with E-state index in [2.05, 4.69) is 613 Å². The quantitative estimate of drug-likeness (QED) is 0.0520. The molecule has 0 radical (unpaired) electrons. The van der Waals surface area contributed by atoms with Gasteiger partial charge in [0, 0.05) is 11.6 Å². The monoisotopic (exact) mass is 1960 g/mol. The highest BCUT2D eigenvalue weighted by Gasteiger charge is 2.33. The summed E-state index contributed by atoms with van der Waals surface area (Å²) in [6.45, 7) is 0. The van der Waals surface area contributed by atoms with E-state index in [0.29, 0.717) is 0 Å². The predicted octanol–water partition coefficient (Wildman–Crippen LogP) is 24.2. The van der Waals surface area contributed by atoms with Gasteiger partial charge in [0.25, 0.3) is 0 Å². The predicted molar refractivity (Wildman–Crippen MR) is 634 cm³/mol. The van der Waals surface area contributed by atoms with Crippen molar-refractivity contribution in [3.63, 3.8) is 0 Å². The highest BCUT2D eigenvalue weighted by molar-refractivity contribution is 7.88. The topological polar surface area (TPSA) is 12.9 Å². The summed E-state index contributed by atoms with van der Waals surface area (Å²) in [7, 11) is -5.86. The first-order valence-electron chi connectivity index (χ1n) is 48.0. The van der Waals surface area contributed by atoms with Gasteiger partial charge in [-0.2, -0.15) is 0 Å². The summed E-state index contributed by atoms with van der Waals surface area (Å²) in [5.74, 6) is 0. The Morgan fingerprint density at radius 3 is 0.493 bits per heavy atom. The van der Waals surface area contributed by atoms with Gasteiger partial charge in [0.05, 0.1) is 5.52 Å². The summed E-state index contributed by atoms with van der Waals surface area (Å²) in [6.07, 6.45) is 1.90. The van der Waals surface area contributed by atoms with Crippen molar-refractivity contribution in [2.45, 2.75) is 0 Å². The summed E-state index contributed by atoms with van der Waals surface area (Å²) >= 11 is 0. The van der Waals surface area contributed by atoms with Crippen LogP contribution in [0, 0.1) is 0 Å². The molecule has 0 saturated heterocycles. The fraction of sp³-hybridized carbons (Fsp3) is 0. The van der Waals surface area contributed by atoms with Gasteiger partial charge in [-0.1, -0.05) is 582 Å². The van der Waals surface area contributed by atoms with Crippen molar-refractivity contribution in [1.29, 1.82) is 0 Å². The van der Waals surface area contributed by atoms with Crippen molar-refractivity contribution in [3.8, 4) is 11.1 Å². The van der Waals surface area contributed by atoms with E-state index in [4.69, 9.17) is 4.98 Å². The average Bonchev–Trinajstić information content (AvgIpc) is 0.784. The molecule has 0 amide bonds. The summed E-state index contributed by atoms with van der Waals surface area (Å²) < 4.78 is 0. The Morgan fingerprint density at radius 2 is 0.268 bits per heavy atom. The zero-order chi connectivity index (χ0) is 95.5. The van der Waals surface area contributed by atoms with Crippen LogP contribution in [0.2, 0.25) is 0 Å². The maximum Gasteiger partial charge on any atom is 0.0708 e. The van der Waals surface area contributed by atoms with Gasteiger partial charge < -0.3 is 0 Å². The molecule has 1 heterocycles. The molecule has 0 aliphatic heterocycles. The van der Waals surface area contributed by atoms with E-state index >= 15 is 0 Å². The van der Waals surface area contributed by atoms with Crippen molar-refractivity contribution < 1.29 is 0 Å². The van der Waals surface area contributed by atoms with Crippen LogP contribution >= 0.6 is 63.4 Å². The Hall–Kier alpha value is -14.1. The van der Waals surface area contributed by atoms with Crippen LogP contribution in [-0.2, 0) is 0 Å². The van der Waals surface area contributed by atoms with E-state index in [0.717, 1.165) is 5.52 Å². The van der Waals surface area contributed by atoms with Gasteiger partial charge in [-0.25, -0.2) is 0 Å². The zero-order valence-corrected chi connectivity index (χ0v) is 85.6. The Balaban J connectivity index is 0.000000116. The molecule has 23 rings (SSSR count). The second kappa shape index (κ2) is 48.4. The van der Waals surface area contributed by atoms with Gasteiger partial charge in [0.2, 0.25) is 0 Å². The molecule has 0 atom stereocenters. The van der Waals surface area contributed by atoms with Crippen molar-refractivity contribution in [1.82, 2.24) is 4.98 Å². The third kappa shape index (κ3) is 23.1. The number of hydrogen-bond acceptors (Lipinski definition) is 1. The molecule has 0 aliphatic carbocycles. The largest absolute Gasteiger partial charge is 0.256 e. The molecule has 22 aromatic carbocycles. The molecule has 9 heteroatoms. The van der Waals surface area contributed by atoms with E-state index < -0.39 is 63.4 Å². The molecule has 1 aromatic heterocycles. The van der Waals surface area contributed by atoms with Gasteiger partial charge in [-0.15, -0.1) is 0 Å². The van der Waals surface area contributed by atoms with Crippen LogP contribution in [0.5, 0.6) is 0 Å². The second-order valence-electron chi connectivity index (χ2n) is 33.8. The number of nitrogens with zero attached hydrogens (tertiary/aromatic N) is 1. The first-order valence-corrected chi connectivity index (χ1v) is 58.7. The molecule has 1 nitrogen and oxygen atoms in total. The lowest BCUT2D eigenvalue weighted by atomic mass is 10.1. The lowest BCUT2D eigenvalue weighted by molar-refractivity contribution is 1.42. The van der Waals surface area contributed by atoms with Gasteiger partial charge >= 0.3 is 0 Å². The van der Waals surface area contributed by atoms with E-state index in [1.807, 2.05) is 12.3 Å². The zero-order valence-electron chi connectivity index (χ0n) is 78.5. The normalized spacial score (nSPS) is 11.2. The Morgan fingerprint density at radius 1 is 0.106 bits per heavy atom. The van der Waals surface area contributed by atoms with E-state index in [9.17, 15) is 0 Å². The summed E-state index contributed by atoms with van der Waals surface area (Å²) in [6, 6.07) is 226. The fourth-order valence-corrected chi connectivity index (χ4v) is 39.4. The minimum atomic E-state index is -0.777. The van der Waals surface area contributed by atoms with Crippen LogP contribution in [-0.4, -0.2) is 4.98 Å². The number of rotatable bonds is 25. The Labute approximate surface area is 846 Å². The second-order valence-corrected chi connectivity index (χ2v) is 51.3. The van der Waals surface area contributed by atoms with Crippen LogP contribution in [0.3, 0.4) is 0 Å². The van der Waals surface area contributed by atoms with Crippen LogP contribution in [0.4, 0.5) is 0 Å². The number of pyridine rings is 1. The molecule has 142 heavy (non-hydrogen) atoms. The standard InChI is InChI=1S/C36H28P2.C34H26P2.C33H25NP2.C30H24P2/c1-6-16-29(17-7-1)30-26-27-35(37(31-18-8-2-9-19-31)32-20-10-3-11-21-32)36(28-30)38(33-22-12-4-13-23-33)34-24-14-5-15-25-34;1-5-17-29(18-6-1)35(30-19-7-2-8-20-30)33-25-27-15-13-14-16-28(27)26-34(33)36(31-21-9-3-10-22-31)32-23-11-4-12-24-32;1-5-15-27(16-6-1)35(28-17-7-2-8-18-28)32-24-26-14-13-23-34-31(26)25-33(32)36(29-19-9-3-10-20-29)30-21-11-4-12-22-30;1-5-15-25(16-6-1)31(26-17-7-2-8-18-26)29-23-13-14-24-30(29)32(27-19-9-3-10-20-27)28-21-11-4-12-22-28/h1-28H;1-26H;1-25H;1-24H. The molecule has 680 valence electrons. The fourth-order valence-electron chi connectivity index (χ4n) is 18.2. The van der Waals surface area contributed by atoms with Crippen molar-refractivity contribution in [2.24, 2.45) is 0 Å². The van der Waals surface area contributed by atoms with Crippen LogP contribution in [0.25, 0.3) is 32.8 Å². The Kier molecular flexibility index (Phi) is 32.6. The number of hydrogen-bond donors (Lipinski definition) is 0. The molecular formula is C133H103NP8. The minimum Gasteiger partial charge on any atom is -0.256 e. The number of fused-ring (bicyclic) bond motifs is 2. The summed E-state index contributed by atoms with van der Waals surface area (Å²) in [5.41, 5.74) is 3.56. The van der Waals surface area contributed by atoms with Crippen molar-refractivity contribution in [2.75, 3.05) is 0 Å². The lowest BCUT2D eigenvalue weighted by Crippen LogP contribution is -2.34. The highest BCUT2D eigenvalue weighted by atomic mass is 31.1. The van der Waals surface area contributed by atoms with E-state index in [-0.39, 0.29) is 0 Å². The van der Waals surface area contributed by atoms with Crippen molar-refractivity contribution >= 4 is 212 Å². The molecule has 0 aliphatic rings. The third-order valence-electron chi connectivity index (χ3n) is 24.7. The van der Waals surface area contributed by atoms with Gasteiger partial charge in [-0.3, -0.25) is 4.98 Å². The number of benzene rings is 22. The van der Waals surface area contributed by atoms with Gasteiger partial charge in [0.15, 0.2) is 0 Å². The van der Waals surface area contributed by atoms with Gasteiger partial charge in [0.1, 0.15) is 0 Å². The van der Waals surface area contributed by atoms with Crippen LogP contribution in [0.1, 0.15) is 0 Å². The molecule has 0 saturated carbocycles. The molecule has 0 N–H and O–H groups in total. The molecule has 0 spiro atoms. The highest BCUT2D eigenvalue weighted by Crippen LogP contribution is 2.46. The van der Waals surface area contributed by atoms with Crippen LogP contribution < -0.4 is 127 Å². The van der Waals surface area contributed by atoms with Gasteiger partial charge in [-0.05, 0) is 249 Å². The SMILES string of the molecule is c1ccc(-c2ccc(P(c3ccccc3)c3ccccc3)c(P(c3ccccc3)c3ccccc3)c2)cc1.c1ccc(P(c2ccccc2)c2cc3ccccc3cc2P(c2ccccc2)c2ccccc2)cc1.c1ccc(P(c2ccccc2)c2cc3cccnc3cc2P(c2ccccc2)c2ccccc2)cc1.c1ccc(P(c2ccccc2)c2ccccc2P(c2ccccc2)c2ccccc2)cc1. The molecule has 0 bridgehead atoms. The van der Waals surface area contributed by atoms with E-state index in [1.165, 1.54) is 155 Å². The number of aromatic nitrogens is 1. The van der Waals surface area contributed by atoms with E-state index in [1.54, 1.807) is 0 Å². The maximum absolute atomic E-state index is 4.78. The Bertz CT molecular complexity index is 6950. The average molecular weight is 1960 g/mol. The molecule has 23 aromatic rings. The summed E-state index contributed by atoms with van der Waals surface area (Å²) in [5, 5.41) is 37.2. The summed E-state index contributed by atoms with van der Waals surface area (Å²) in [4.78, 5) is 4.78. The minimum absolute atomic E-state index is 0.664. The van der Waals surface area contributed by atoms with Crippen molar-refractivity contribution in [3.05, 3.63) is 625 Å². The maximum atomic E-state index is 4.78. The smallest absolute Gasteiger partial charge is 0.0708 e.